The van der Waals surface area contributed by atoms with Gasteiger partial charge in [-0.05, 0) is 50.9 Å². The largest absolute Gasteiger partial charge is 0.465 e. The summed E-state index contributed by atoms with van der Waals surface area (Å²) in [5.41, 5.74) is 1.38. The number of fused-ring (bicyclic) bond motifs is 1. The summed E-state index contributed by atoms with van der Waals surface area (Å²) in [6.07, 6.45) is 3.88. The molecule has 4 amide bonds. The predicted octanol–water partition coefficient (Wildman–Crippen LogP) is 1.27. The van der Waals surface area contributed by atoms with E-state index in [4.69, 9.17) is 4.74 Å². The molecule has 3 fully saturated rings. The fraction of sp³-hybridized carbons (Fsp3) is 0.621. The van der Waals surface area contributed by atoms with Crippen LogP contribution < -0.4 is 10.2 Å². The maximum atomic E-state index is 13.4. The number of carbonyl (C=O) groups excluding carboxylic acids is 5. The van der Waals surface area contributed by atoms with E-state index in [2.05, 4.69) is 26.9 Å². The van der Waals surface area contributed by atoms with Crippen LogP contribution >= 0.6 is 0 Å². The summed E-state index contributed by atoms with van der Waals surface area (Å²) in [6.45, 7) is 9.43. The van der Waals surface area contributed by atoms with Crippen molar-refractivity contribution in [1.82, 2.24) is 20.0 Å². The Morgan fingerprint density at radius 2 is 1.62 bits per heavy atom. The van der Waals surface area contributed by atoms with E-state index in [1.54, 1.807) is 12.1 Å². The minimum Gasteiger partial charge on any atom is -0.465 e. The maximum absolute atomic E-state index is 13.4. The van der Waals surface area contributed by atoms with Crippen molar-refractivity contribution >= 4 is 35.3 Å². The predicted molar refractivity (Wildman–Crippen MR) is 147 cm³/mol. The molecule has 216 valence electrons. The number of nitrogens with zero attached hydrogens (tertiary/aromatic N) is 4. The van der Waals surface area contributed by atoms with Crippen molar-refractivity contribution in [3.8, 4) is 0 Å². The number of rotatable bonds is 9. The van der Waals surface area contributed by atoms with Crippen molar-refractivity contribution in [1.29, 1.82) is 0 Å². The molecule has 0 saturated carbocycles. The molecule has 5 rings (SSSR count). The van der Waals surface area contributed by atoms with Crippen LogP contribution in [0.25, 0.3) is 0 Å². The Bertz CT molecular complexity index is 1160. The molecule has 4 heterocycles. The number of likely N-dealkylation sites (tertiary alicyclic amines) is 1. The van der Waals surface area contributed by atoms with E-state index in [1.165, 1.54) is 0 Å². The Kier molecular flexibility index (Phi) is 8.80. The maximum Gasteiger partial charge on any atom is 0.309 e. The van der Waals surface area contributed by atoms with Crippen LogP contribution in [-0.2, 0) is 19.1 Å². The zero-order chi connectivity index (χ0) is 28.2. The summed E-state index contributed by atoms with van der Waals surface area (Å²) >= 11 is 0. The summed E-state index contributed by atoms with van der Waals surface area (Å²) in [6, 6.07) is 4.31. The van der Waals surface area contributed by atoms with Gasteiger partial charge in [0.05, 0.1) is 29.3 Å². The molecule has 11 heteroatoms. The van der Waals surface area contributed by atoms with Gasteiger partial charge in [-0.2, -0.15) is 0 Å². The first-order valence-electron chi connectivity index (χ1n) is 14.6. The van der Waals surface area contributed by atoms with Gasteiger partial charge >= 0.3 is 5.97 Å². The fourth-order valence-electron chi connectivity index (χ4n) is 6.08. The normalized spacial score (nSPS) is 23.0. The van der Waals surface area contributed by atoms with Gasteiger partial charge in [0.1, 0.15) is 6.04 Å². The molecule has 0 spiro atoms. The topological polar surface area (TPSA) is 120 Å². The lowest BCUT2D eigenvalue weighted by Crippen LogP contribution is -2.54. The average molecular weight is 554 g/mol. The number of unbranched alkanes of at least 4 members (excludes halogenated alkanes) is 1. The molecular weight excluding hydrogens is 514 g/mol. The van der Waals surface area contributed by atoms with Crippen LogP contribution in [0.5, 0.6) is 0 Å². The van der Waals surface area contributed by atoms with E-state index in [1.807, 2.05) is 6.07 Å². The number of benzene rings is 1. The lowest BCUT2D eigenvalue weighted by Gasteiger charge is -2.38. The minimum absolute atomic E-state index is 0.0183. The van der Waals surface area contributed by atoms with E-state index in [-0.39, 0.29) is 30.6 Å². The number of piperidine rings is 2. The molecule has 40 heavy (non-hydrogen) atoms. The molecule has 1 N–H and O–H groups in total. The van der Waals surface area contributed by atoms with Crippen LogP contribution in [0.15, 0.2) is 18.2 Å². The number of ether oxygens (including phenoxy) is 1. The third-order valence-electron chi connectivity index (χ3n) is 8.55. The Hall–Kier alpha value is -3.31. The van der Waals surface area contributed by atoms with Crippen LogP contribution in [0, 0.1) is 5.92 Å². The van der Waals surface area contributed by atoms with Gasteiger partial charge < -0.3 is 14.5 Å². The second-order valence-corrected chi connectivity index (χ2v) is 11.1. The Morgan fingerprint density at radius 3 is 2.30 bits per heavy atom. The summed E-state index contributed by atoms with van der Waals surface area (Å²) in [5, 5.41) is 2.24. The Morgan fingerprint density at radius 1 is 0.925 bits per heavy atom. The molecule has 1 aromatic rings. The van der Waals surface area contributed by atoms with Crippen molar-refractivity contribution < 1.29 is 28.7 Å². The van der Waals surface area contributed by atoms with E-state index in [0.29, 0.717) is 17.7 Å². The molecular formula is C29H39N5O6. The number of anilines is 1. The number of amides is 4. The monoisotopic (exact) mass is 553 g/mol. The van der Waals surface area contributed by atoms with Crippen molar-refractivity contribution in [3.63, 3.8) is 0 Å². The smallest absolute Gasteiger partial charge is 0.309 e. The van der Waals surface area contributed by atoms with Crippen LogP contribution in [0.2, 0.25) is 0 Å². The number of nitrogens with one attached hydrogen (secondary N) is 1. The van der Waals surface area contributed by atoms with E-state index < -0.39 is 23.8 Å². The number of piperazine rings is 1. The molecule has 11 nitrogen and oxygen atoms in total. The van der Waals surface area contributed by atoms with Crippen LogP contribution in [0.4, 0.5) is 5.69 Å². The van der Waals surface area contributed by atoms with Gasteiger partial charge in [-0.3, -0.25) is 39.1 Å². The zero-order valence-corrected chi connectivity index (χ0v) is 23.2. The van der Waals surface area contributed by atoms with Crippen LogP contribution in [0.3, 0.4) is 0 Å². The number of hydrogen-bond donors (Lipinski definition) is 1. The lowest BCUT2D eigenvalue weighted by atomic mass is 9.97. The van der Waals surface area contributed by atoms with Gasteiger partial charge in [-0.15, -0.1) is 0 Å². The molecule has 1 atom stereocenters. The van der Waals surface area contributed by atoms with Crippen molar-refractivity contribution in [2.24, 2.45) is 5.92 Å². The fourth-order valence-corrected chi connectivity index (χ4v) is 6.08. The lowest BCUT2D eigenvalue weighted by molar-refractivity contribution is -0.150. The highest BCUT2D eigenvalue weighted by Crippen LogP contribution is 2.34. The van der Waals surface area contributed by atoms with Crippen molar-refractivity contribution in [2.75, 3.05) is 63.9 Å². The van der Waals surface area contributed by atoms with Crippen LogP contribution in [0.1, 0.15) is 66.2 Å². The number of imide groups is 2. The van der Waals surface area contributed by atoms with Gasteiger partial charge in [0.15, 0.2) is 0 Å². The average Bonchev–Trinajstić information content (AvgIpc) is 3.22. The van der Waals surface area contributed by atoms with E-state index in [9.17, 15) is 24.0 Å². The minimum atomic E-state index is -0.966. The van der Waals surface area contributed by atoms with Gasteiger partial charge in [-0.1, -0.05) is 19.4 Å². The van der Waals surface area contributed by atoms with Crippen molar-refractivity contribution in [3.05, 3.63) is 29.3 Å². The zero-order valence-electron chi connectivity index (χ0n) is 23.2. The molecule has 4 aliphatic rings. The SMILES string of the molecule is CCCCOC(=O)C1CCN(CCN2CCN(c3cccc4c3C(=O)N(C3CCC(=O)NC3=O)C4=O)CC2)CC1. The molecule has 4 aliphatic heterocycles. The first kappa shape index (κ1) is 28.2. The second-order valence-electron chi connectivity index (χ2n) is 11.1. The third kappa shape index (κ3) is 5.90. The summed E-state index contributed by atoms with van der Waals surface area (Å²) in [7, 11) is 0. The quantitative estimate of drug-likeness (QED) is 0.274. The highest BCUT2D eigenvalue weighted by atomic mass is 16.5. The molecule has 1 aromatic carbocycles. The summed E-state index contributed by atoms with van der Waals surface area (Å²) in [4.78, 5) is 70.8. The Balaban J connectivity index is 1.12. The summed E-state index contributed by atoms with van der Waals surface area (Å²) in [5.74, 6) is -1.96. The first-order chi connectivity index (χ1) is 19.4. The highest BCUT2D eigenvalue weighted by molar-refractivity contribution is 6.25. The molecule has 1 unspecified atom stereocenters. The highest BCUT2D eigenvalue weighted by Gasteiger charge is 2.46. The van der Waals surface area contributed by atoms with Crippen LogP contribution in [-0.4, -0.2) is 109 Å². The number of esters is 1. The Labute approximate surface area is 234 Å². The molecule has 0 bridgehead atoms. The van der Waals surface area contributed by atoms with Gasteiger partial charge in [-0.25, -0.2) is 0 Å². The molecule has 0 aromatic heterocycles. The van der Waals surface area contributed by atoms with Gasteiger partial charge in [0.2, 0.25) is 11.8 Å². The summed E-state index contributed by atoms with van der Waals surface area (Å²) < 4.78 is 5.40. The number of hydrogen-bond acceptors (Lipinski definition) is 9. The van der Waals surface area contributed by atoms with Gasteiger partial charge in [0.25, 0.3) is 11.8 Å². The first-order valence-corrected chi connectivity index (χ1v) is 14.6. The standard InChI is InChI=1S/C29H39N5O6/c1-2-3-19-40-29(39)20-9-11-31(12-10-20)13-14-32-15-17-33(18-16-32)22-6-4-5-21-25(22)28(38)34(27(21)37)23-7-8-24(35)30-26(23)36/h4-6,20,23H,2-3,7-19H2,1H3,(H,30,35,36). The third-order valence-corrected chi connectivity index (χ3v) is 8.55. The van der Waals surface area contributed by atoms with Gasteiger partial charge in [0, 0.05) is 45.7 Å². The van der Waals surface area contributed by atoms with Crippen molar-refractivity contribution in [2.45, 2.75) is 51.5 Å². The van der Waals surface area contributed by atoms with E-state index >= 15 is 0 Å². The molecule has 0 radical (unpaired) electrons. The van der Waals surface area contributed by atoms with E-state index in [0.717, 1.165) is 88.6 Å². The number of carbonyl (C=O) groups is 5. The molecule has 3 saturated heterocycles. The molecule has 0 aliphatic carbocycles. The second kappa shape index (κ2) is 12.5.